The molecule has 2 rings (SSSR count). The Balaban J connectivity index is 2.27. The van der Waals surface area contributed by atoms with Crippen LogP contribution in [0.1, 0.15) is 51.5 Å². The number of ether oxygens (including phenoxy) is 1. The average Bonchev–Trinajstić information content (AvgIpc) is 2.62. The summed E-state index contributed by atoms with van der Waals surface area (Å²) in [5.41, 5.74) is 6.63. The molecule has 2 atom stereocenters. The van der Waals surface area contributed by atoms with Crippen LogP contribution in [-0.2, 0) is 5.54 Å². The van der Waals surface area contributed by atoms with Crippen molar-refractivity contribution in [2.45, 2.75) is 51.5 Å². The molecule has 0 radical (unpaired) electrons. The fraction of sp³-hybridized carbons (Fsp3) is 0.647. The van der Waals surface area contributed by atoms with Gasteiger partial charge >= 0.3 is 0 Å². The number of rotatable bonds is 3. The highest BCUT2D eigenvalue weighted by Crippen LogP contribution is 2.40. The summed E-state index contributed by atoms with van der Waals surface area (Å²) in [4.78, 5) is 0. The van der Waals surface area contributed by atoms with Gasteiger partial charge < -0.3 is 10.5 Å². The molecule has 1 aromatic carbocycles. The Bertz CT molecular complexity index is 460. The van der Waals surface area contributed by atoms with Crippen molar-refractivity contribution in [3.05, 3.63) is 29.6 Å². The first-order chi connectivity index (χ1) is 9.48. The van der Waals surface area contributed by atoms with E-state index in [9.17, 15) is 4.39 Å². The minimum atomic E-state index is -0.553. The number of hydrogen-bond donors (Lipinski definition) is 1. The Hall–Kier alpha value is -1.09. The molecular formula is C17H26FNO. The molecule has 0 aliphatic heterocycles. The third kappa shape index (κ3) is 2.98. The predicted molar refractivity (Wildman–Crippen MR) is 80.2 cm³/mol. The molecule has 2 nitrogen and oxygen atoms in total. The van der Waals surface area contributed by atoms with Gasteiger partial charge in [0.2, 0.25) is 0 Å². The topological polar surface area (TPSA) is 35.2 Å². The van der Waals surface area contributed by atoms with Crippen molar-refractivity contribution in [3.63, 3.8) is 0 Å². The molecule has 0 aromatic heterocycles. The van der Waals surface area contributed by atoms with E-state index in [1.165, 1.54) is 13.5 Å². The highest BCUT2D eigenvalue weighted by Gasteiger charge is 2.34. The zero-order valence-corrected chi connectivity index (χ0v) is 12.8. The van der Waals surface area contributed by atoms with Crippen molar-refractivity contribution < 1.29 is 9.13 Å². The number of nitrogens with two attached hydrogens (primary N) is 1. The molecule has 3 heteroatoms. The van der Waals surface area contributed by atoms with Gasteiger partial charge in [0.1, 0.15) is 0 Å². The summed E-state index contributed by atoms with van der Waals surface area (Å²) in [5, 5.41) is 0. The Morgan fingerprint density at radius 3 is 2.70 bits per heavy atom. The molecule has 2 N–H and O–H groups in total. The zero-order valence-electron chi connectivity index (χ0n) is 12.8. The van der Waals surface area contributed by atoms with Crippen molar-refractivity contribution in [2.24, 2.45) is 17.6 Å². The van der Waals surface area contributed by atoms with Gasteiger partial charge in [0.15, 0.2) is 11.6 Å². The van der Waals surface area contributed by atoms with Gasteiger partial charge in [-0.05, 0) is 37.2 Å². The van der Waals surface area contributed by atoms with E-state index in [0.29, 0.717) is 17.4 Å². The third-order valence-corrected chi connectivity index (χ3v) is 4.82. The largest absolute Gasteiger partial charge is 0.494 e. The number of halogens is 1. The van der Waals surface area contributed by atoms with Gasteiger partial charge in [0, 0.05) is 11.1 Å². The quantitative estimate of drug-likeness (QED) is 0.841. The van der Waals surface area contributed by atoms with Gasteiger partial charge in [-0.15, -0.1) is 0 Å². The van der Waals surface area contributed by atoms with E-state index in [1.807, 2.05) is 12.1 Å². The Morgan fingerprint density at radius 1 is 1.30 bits per heavy atom. The summed E-state index contributed by atoms with van der Waals surface area (Å²) in [6.07, 6.45) is 5.03. The lowest BCUT2D eigenvalue weighted by Gasteiger charge is -2.30. The minimum Gasteiger partial charge on any atom is -0.494 e. The summed E-state index contributed by atoms with van der Waals surface area (Å²) in [6.45, 7) is 4.53. The van der Waals surface area contributed by atoms with Crippen LogP contribution in [0.25, 0.3) is 0 Å². The lowest BCUT2D eigenvalue weighted by atomic mass is 9.82. The maximum atomic E-state index is 14.5. The Labute approximate surface area is 121 Å². The molecule has 112 valence electrons. The van der Waals surface area contributed by atoms with Crippen LogP contribution in [0, 0.1) is 17.7 Å². The molecule has 1 fully saturated rings. The van der Waals surface area contributed by atoms with Crippen LogP contribution in [0.5, 0.6) is 5.75 Å². The van der Waals surface area contributed by atoms with E-state index in [4.69, 9.17) is 10.5 Å². The van der Waals surface area contributed by atoms with Crippen molar-refractivity contribution in [2.75, 3.05) is 7.11 Å². The highest BCUT2D eigenvalue weighted by atomic mass is 19.1. The first kappa shape index (κ1) is 15.3. The zero-order chi connectivity index (χ0) is 14.8. The number of benzene rings is 1. The van der Waals surface area contributed by atoms with Gasteiger partial charge in [-0.2, -0.15) is 0 Å². The van der Waals surface area contributed by atoms with Crippen LogP contribution < -0.4 is 10.5 Å². The summed E-state index contributed by atoms with van der Waals surface area (Å²) >= 11 is 0. The smallest absolute Gasteiger partial charge is 0.170 e. The van der Waals surface area contributed by atoms with Crippen molar-refractivity contribution in [1.82, 2.24) is 0 Å². The van der Waals surface area contributed by atoms with E-state index in [0.717, 1.165) is 25.7 Å². The molecule has 0 spiro atoms. The van der Waals surface area contributed by atoms with Crippen LogP contribution in [0.4, 0.5) is 4.39 Å². The molecular weight excluding hydrogens is 253 g/mol. The molecule has 1 saturated carbocycles. The van der Waals surface area contributed by atoms with E-state index in [2.05, 4.69) is 13.8 Å². The van der Waals surface area contributed by atoms with Gasteiger partial charge in [0.25, 0.3) is 0 Å². The maximum Gasteiger partial charge on any atom is 0.170 e. The second kappa shape index (κ2) is 6.13. The SMILES string of the molecule is COc1cccc(C2(N)CCCC(C(C)C)CC2)c1F. The fourth-order valence-electron chi connectivity index (χ4n) is 3.38. The molecule has 0 heterocycles. The first-order valence-corrected chi connectivity index (χ1v) is 7.60. The Kier molecular flexibility index (Phi) is 4.69. The molecule has 20 heavy (non-hydrogen) atoms. The second-order valence-corrected chi connectivity index (χ2v) is 6.41. The van der Waals surface area contributed by atoms with Crippen molar-refractivity contribution in [3.8, 4) is 5.75 Å². The van der Waals surface area contributed by atoms with Crippen LogP contribution >= 0.6 is 0 Å². The summed E-state index contributed by atoms with van der Waals surface area (Å²) < 4.78 is 19.6. The highest BCUT2D eigenvalue weighted by molar-refractivity contribution is 5.35. The average molecular weight is 279 g/mol. The normalized spacial score (nSPS) is 27.4. The molecule has 0 saturated heterocycles. The lowest BCUT2D eigenvalue weighted by Crippen LogP contribution is -2.37. The third-order valence-electron chi connectivity index (χ3n) is 4.82. The fourth-order valence-corrected chi connectivity index (χ4v) is 3.38. The van der Waals surface area contributed by atoms with Crippen LogP contribution in [0.15, 0.2) is 18.2 Å². The lowest BCUT2D eigenvalue weighted by molar-refractivity contribution is 0.317. The van der Waals surface area contributed by atoms with Crippen LogP contribution in [0.2, 0.25) is 0 Å². The van der Waals surface area contributed by atoms with Gasteiger partial charge in [-0.3, -0.25) is 0 Å². The minimum absolute atomic E-state index is 0.289. The molecule has 0 bridgehead atoms. The van der Waals surface area contributed by atoms with Gasteiger partial charge in [-0.25, -0.2) is 4.39 Å². The maximum absolute atomic E-state index is 14.5. The van der Waals surface area contributed by atoms with Gasteiger partial charge in [0.05, 0.1) is 7.11 Å². The molecule has 0 amide bonds. The standard InChI is InChI=1S/C17H26FNO/c1-12(2)13-6-5-10-17(19,11-9-13)14-7-4-8-15(20-3)16(14)18/h4,7-8,12-13H,5-6,9-11,19H2,1-3H3. The van der Waals surface area contributed by atoms with Crippen molar-refractivity contribution in [1.29, 1.82) is 0 Å². The van der Waals surface area contributed by atoms with E-state index in [1.54, 1.807) is 6.07 Å². The first-order valence-electron chi connectivity index (χ1n) is 7.60. The molecule has 1 aromatic rings. The predicted octanol–water partition coefficient (Wildman–Crippen LogP) is 4.22. The van der Waals surface area contributed by atoms with E-state index in [-0.39, 0.29) is 11.6 Å². The van der Waals surface area contributed by atoms with E-state index < -0.39 is 5.54 Å². The van der Waals surface area contributed by atoms with E-state index >= 15 is 0 Å². The molecule has 1 aliphatic rings. The summed E-state index contributed by atoms with van der Waals surface area (Å²) in [5.74, 6) is 1.37. The Morgan fingerprint density at radius 2 is 2.05 bits per heavy atom. The van der Waals surface area contributed by atoms with Crippen LogP contribution in [-0.4, -0.2) is 7.11 Å². The molecule has 1 aliphatic carbocycles. The van der Waals surface area contributed by atoms with Crippen molar-refractivity contribution >= 4 is 0 Å². The van der Waals surface area contributed by atoms with Gasteiger partial charge in [-0.1, -0.05) is 38.8 Å². The monoisotopic (exact) mass is 279 g/mol. The van der Waals surface area contributed by atoms with Crippen LogP contribution in [0.3, 0.4) is 0 Å². The number of hydrogen-bond acceptors (Lipinski definition) is 2. The second-order valence-electron chi connectivity index (χ2n) is 6.41. The molecule has 2 unspecified atom stereocenters. The summed E-state index contributed by atoms with van der Waals surface area (Å²) in [6, 6.07) is 5.29. The summed E-state index contributed by atoms with van der Waals surface area (Å²) in [7, 11) is 1.49. The number of methoxy groups -OCH3 is 1.